The van der Waals surface area contributed by atoms with Crippen molar-refractivity contribution in [1.29, 1.82) is 0 Å². The van der Waals surface area contributed by atoms with Crippen LogP contribution in [0.25, 0.3) is 22.0 Å². The highest BCUT2D eigenvalue weighted by atomic mass is 16.6. The van der Waals surface area contributed by atoms with Gasteiger partial charge < -0.3 is 9.72 Å². The van der Waals surface area contributed by atoms with Gasteiger partial charge in [0.1, 0.15) is 5.75 Å². The monoisotopic (exact) mass is 471 g/mol. The number of ether oxygens (including phenoxy) is 1. The maximum absolute atomic E-state index is 13.1. The molecule has 2 amide bonds. The topological polar surface area (TPSA) is 94.7 Å². The molecular weight excluding hydrogens is 442 g/mol. The summed E-state index contributed by atoms with van der Waals surface area (Å²) in [4.78, 5) is 29.1. The van der Waals surface area contributed by atoms with Crippen LogP contribution in [0.4, 0.5) is 10.5 Å². The Morgan fingerprint density at radius 3 is 2.37 bits per heavy atom. The van der Waals surface area contributed by atoms with Crippen LogP contribution in [0.15, 0.2) is 85.1 Å². The maximum atomic E-state index is 13.1. The predicted octanol–water partition coefficient (Wildman–Crippen LogP) is 6.30. The molecule has 0 fully saturated rings. The molecule has 3 N–H and O–H groups in total. The molecule has 0 aliphatic rings. The Kier molecular flexibility index (Phi) is 8.14. The van der Waals surface area contributed by atoms with Crippen molar-refractivity contribution in [2.24, 2.45) is 0 Å². The Balaban J connectivity index is 1.44. The number of nitrogens with zero attached hydrogens (tertiary/aromatic N) is 1. The fraction of sp³-hybridized carbons (Fsp3) is 0.214. The van der Waals surface area contributed by atoms with Gasteiger partial charge in [-0.05, 0) is 65.8 Å². The lowest BCUT2D eigenvalue weighted by Crippen LogP contribution is -2.34. The van der Waals surface area contributed by atoms with Gasteiger partial charge in [0, 0.05) is 30.4 Å². The number of H-pyrrole nitrogens is 1. The number of anilines is 1. The van der Waals surface area contributed by atoms with Gasteiger partial charge in [0.15, 0.2) is 0 Å². The molecule has 0 saturated heterocycles. The second kappa shape index (κ2) is 11.9. The van der Waals surface area contributed by atoms with Gasteiger partial charge >= 0.3 is 6.09 Å². The van der Waals surface area contributed by atoms with E-state index in [0.717, 1.165) is 47.0 Å². The molecule has 0 bridgehead atoms. The SMILES string of the molecule is O=C(CCCCCCN(C(=O)Oc1ccccc1)c1ccc(-c2ccc3cc[nH]c3c2)cc1)NO. The molecule has 1 aromatic heterocycles. The number of para-hydroxylation sites is 1. The Hall–Kier alpha value is -4.10. The van der Waals surface area contributed by atoms with E-state index in [4.69, 9.17) is 9.94 Å². The first-order valence-electron chi connectivity index (χ1n) is 11.8. The highest BCUT2D eigenvalue weighted by Crippen LogP contribution is 2.27. The number of amides is 2. The third-order valence-corrected chi connectivity index (χ3v) is 5.90. The number of benzene rings is 3. The number of rotatable bonds is 10. The predicted molar refractivity (Wildman–Crippen MR) is 137 cm³/mol. The van der Waals surface area contributed by atoms with Gasteiger partial charge in [0.05, 0.1) is 0 Å². The van der Waals surface area contributed by atoms with E-state index >= 15 is 0 Å². The molecule has 7 heteroatoms. The Bertz CT molecular complexity index is 1250. The van der Waals surface area contributed by atoms with Crippen LogP contribution in [-0.2, 0) is 4.79 Å². The highest BCUT2D eigenvalue weighted by molar-refractivity contribution is 5.90. The average Bonchev–Trinajstić information content (AvgIpc) is 3.37. The molecular formula is C28H29N3O4. The summed E-state index contributed by atoms with van der Waals surface area (Å²) >= 11 is 0. The average molecular weight is 472 g/mol. The van der Waals surface area contributed by atoms with E-state index in [1.165, 1.54) is 0 Å². The van der Waals surface area contributed by atoms with E-state index in [0.29, 0.717) is 18.7 Å². The summed E-state index contributed by atoms with van der Waals surface area (Å²) in [7, 11) is 0. The summed E-state index contributed by atoms with van der Waals surface area (Å²) in [6.07, 6.45) is 4.89. The fourth-order valence-corrected chi connectivity index (χ4v) is 4.00. The van der Waals surface area contributed by atoms with Crippen LogP contribution in [0.2, 0.25) is 0 Å². The smallest absolute Gasteiger partial charge is 0.410 e. The number of carbonyl (C=O) groups is 2. The standard InChI is InChI=1S/C28H29N3O4/c32-27(30-34)10-6-1-2-7-19-31(28(33)35-25-8-4-3-5-9-25)24-15-13-21(14-16-24)23-12-11-22-17-18-29-26(22)20-23/h3-5,8-9,11-18,20,29,34H,1-2,6-7,10,19H2,(H,30,32). The van der Waals surface area contributed by atoms with E-state index in [9.17, 15) is 9.59 Å². The van der Waals surface area contributed by atoms with Gasteiger partial charge in [-0.1, -0.05) is 55.3 Å². The molecule has 0 saturated carbocycles. The minimum absolute atomic E-state index is 0.284. The summed E-state index contributed by atoms with van der Waals surface area (Å²) in [6.45, 7) is 0.492. The number of carbonyl (C=O) groups excluding carboxylic acids is 2. The first kappa shape index (κ1) is 24.0. The van der Waals surface area contributed by atoms with Gasteiger partial charge in [0.25, 0.3) is 0 Å². The van der Waals surface area contributed by atoms with Crippen LogP contribution in [0.3, 0.4) is 0 Å². The Labute approximate surface area is 204 Å². The maximum Gasteiger partial charge on any atom is 0.419 e. The lowest BCUT2D eigenvalue weighted by Gasteiger charge is -2.22. The normalized spacial score (nSPS) is 10.8. The first-order chi connectivity index (χ1) is 17.1. The second-order valence-electron chi connectivity index (χ2n) is 8.36. The third-order valence-electron chi connectivity index (χ3n) is 5.90. The molecule has 0 atom stereocenters. The van der Waals surface area contributed by atoms with Gasteiger partial charge in [-0.2, -0.15) is 0 Å². The number of aromatic amines is 1. The molecule has 0 aliphatic heterocycles. The van der Waals surface area contributed by atoms with Crippen molar-refractivity contribution in [1.82, 2.24) is 10.5 Å². The van der Waals surface area contributed by atoms with Gasteiger partial charge in [-0.3, -0.25) is 14.9 Å². The number of nitrogens with one attached hydrogen (secondary N) is 2. The third kappa shape index (κ3) is 6.49. The molecule has 3 aromatic carbocycles. The number of aromatic nitrogens is 1. The lowest BCUT2D eigenvalue weighted by atomic mass is 10.0. The van der Waals surface area contributed by atoms with Crippen LogP contribution in [0.1, 0.15) is 32.1 Å². The summed E-state index contributed by atoms with van der Waals surface area (Å²) in [6, 6.07) is 25.2. The van der Waals surface area contributed by atoms with Crippen LogP contribution >= 0.6 is 0 Å². The van der Waals surface area contributed by atoms with Crippen molar-refractivity contribution in [3.8, 4) is 16.9 Å². The molecule has 0 spiro atoms. The molecule has 35 heavy (non-hydrogen) atoms. The molecule has 7 nitrogen and oxygen atoms in total. The van der Waals surface area contributed by atoms with Crippen LogP contribution in [0.5, 0.6) is 5.75 Å². The van der Waals surface area contributed by atoms with Crippen molar-refractivity contribution in [3.63, 3.8) is 0 Å². The molecule has 4 rings (SSSR count). The summed E-state index contributed by atoms with van der Waals surface area (Å²) in [5.41, 5.74) is 5.64. The van der Waals surface area contributed by atoms with E-state index in [1.54, 1.807) is 22.5 Å². The summed E-state index contributed by atoms with van der Waals surface area (Å²) in [5.74, 6) is 0.113. The van der Waals surface area contributed by atoms with E-state index < -0.39 is 6.09 Å². The number of fused-ring (bicyclic) bond motifs is 1. The number of unbranched alkanes of at least 4 members (excludes halogenated alkanes) is 3. The molecule has 0 radical (unpaired) electrons. The van der Waals surface area contributed by atoms with Gasteiger partial charge in [0.2, 0.25) is 5.91 Å². The van der Waals surface area contributed by atoms with Crippen molar-refractivity contribution >= 4 is 28.6 Å². The molecule has 180 valence electrons. The van der Waals surface area contributed by atoms with Crippen LogP contribution < -0.4 is 15.1 Å². The quantitative estimate of drug-likeness (QED) is 0.144. The van der Waals surface area contributed by atoms with E-state index in [-0.39, 0.29) is 12.3 Å². The number of hydroxylamine groups is 1. The van der Waals surface area contributed by atoms with Crippen molar-refractivity contribution in [2.45, 2.75) is 32.1 Å². The molecule has 0 aliphatic carbocycles. The largest absolute Gasteiger partial charge is 0.419 e. The summed E-state index contributed by atoms with van der Waals surface area (Å²) < 4.78 is 5.61. The van der Waals surface area contributed by atoms with E-state index in [1.807, 2.05) is 54.7 Å². The lowest BCUT2D eigenvalue weighted by molar-refractivity contribution is -0.129. The minimum atomic E-state index is -0.434. The van der Waals surface area contributed by atoms with E-state index in [2.05, 4.69) is 23.2 Å². The highest BCUT2D eigenvalue weighted by Gasteiger charge is 2.18. The zero-order valence-electron chi connectivity index (χ0n) is 19.4. The molecule has 1 heterocycles. The van der Waals surface area contributed by atoms with Crippen molar-refractivity contribution in [3.05, 3.63) is 85.1 Å². The molecule has 4 aromatic rings. The Morgan fingerprint density at radius 2 is 1.60 bits per heavy atom. The van der Waals surface area contributed by atoms with Crippen molar-refractivity contribution < 1.29 is 19.5 Å². The van der Waals surface area contributed by atoms with Crippen molar-refractivity contribution in [2.75, 3.05) is 11.4 Å². The zero-order chi connectivity index (χ0) is 24.5. The number of hydrogen-bond acceptors (Lipinski definition) is 4. The minimum Gasteiger partial charge on any atom is -0.410 e. The zero-order valence-corrected chi connectivity index (χ0v) is 19.4. The number of hydrogen-bond donors (Lipinski definition) is 3. The van der Waals surface area contributed by atoms with Gasteiger partial charge in [-0.25, -0.2) is 10.3 Å². The van der Waals surface area contributed by atoms with Crippen LogP contribution in [0, 0.1) is 0 Å². The molecule has 0 unspecified atom stereocenters. The fourth-order valence-electron chi connectivity index (χ4n) is 4.00. The van der Waals surface area contributed by atoms with Crippen LogP contribution in [-0.4, -0.2) is 28.7 Å². The first-order valence-corrected chi connectivity index (χ1v) is 11.8. The summed E-state index contributed by atoms with van der Waals surface area (Å²) in [5, 5.41) is 9.75. The van der Waals surface area contributed by atoms with Gasteiger partial charge in [-0.15, -0.1) is 0 Å². The second-order valence-corrected chi connectivity index (χ2v) is 8.36. The Morgan fingerprint density at radius 1 is 0.857 bits per heavy atom.